The molecular weight excluding hydrogens is 332 g/mol. The normalized spacial score (nSPS) is 18.2. The second kappa shape index (κ2) is 5.94. The first kappa shape index (κ1) is 15.7. The molecule has 4 rings (SSSR count). The van der Waals surface area contributed by atoms with Gasteiger partial charge in [0.2, 0.25) is 0 Å². The number of hydrogen-bond donors (Lipinski definition) is 0. The maximum atomic E-state index is 13.1. The van der Waals surface area contributed by atoms with Crippen molar-refractivity contribution in [1.82, 2.24) is 14.9 Å². The number of nitrogens with zero attached hydrogens (tertiary/aromatic N) is 3. The van der Waals surface area contributed by atoms with Crippen molar-refractivity contribution in [3.63, 3.8) is 0 Å². The molecule has 1 aromatic carbocycles. The molecule has 1 saturated heterocycles. The van der Waals surface area contributed by atoms with Crippen LogP contribution in [-0.2, 0) is 0 Å². The van der Waals surface area contributed by atoms with Gasteiger partial charge in [-0.2, -0.15) is 0 Å². The largest absolute Gasteiger partial charge is 0.586 e. The van der Waals surface area contributed by atoms with Gasteiger partial charge in [-0.1, -0.05) is 0 Å². The van der Waals surface area contributed by atoms with Gasteiger partial charge < -0.3 is 14.4 Å². The lowest BCUT2D eigenvalue weighted by Gasteiger charge is -2.26. The van der Waals surface area contributed by atoms with Gasteiger partial charge in [-0.05, 0) is 37.5 Å². The van der Waals surface area contributed by atoms with Crippen molar-refractivity contribution in [3.8, 4) is 22.8 Å². The maximum absolute atomic E-state index is 13.1. The highest BCUT2D eigenvalue weighted by Crippen LogP contribution is 2.42. The van der Waals surface area contributed by atoms with Crippen LogP contribution in [0.1, 0.15) is 29.8 Å². The third kappa shape index (κ3) is 3.11. The molecule has 0 bridgehead atoms. The molecule has 6 nitrogen and oxygen atoms in total. The Kier molecular flexibility index (Phi) is 3.74. The van der Waals surface area contributed by atoms with Gasteiger partial charge in [0.05, 0.1) is 18.1 Å². The van der Waals surface area contributed by atoms with Crippen molar-refractivity contribution in [1.29, 1.82) is 0 Å². The Balaban J connectivity index is 1.61. The van der Waals surface area contributed by atoms with E-state index in [4.69, 9.17) is 0 Å². The van der Waals surface area contributed by atoms with Gasteiger partial charge in [-0.3, -0.25) is 9.78 Å². The fraction of sp³-hybridized carbons (Fsp3) is 0.353. The van der Waals surface area contributed by atoms with Crippen molar-refractivity contribution in [2.24, 2.45) is 0 Å². The summed E-state index contributed by atoms with van der Waals surface area (Å²) in [4.78, 5) is 22.7. The lowest BCUT2D eigenvalue weighted by Crippen LogP contribution is -2.36. The monoisotopic (exact) mass is 347 g/mol. The number of benzene rings is 1. The summed E-state index contributed by atoms with van der Waals surface area (Å²) in [5, 5.41) is 0. The summed E-state index contributed by atoms with van der Waals surface area (Å²) < 4.78 is 35.1. The van der Waals surface area contributed by atoms with Crippen molar-refractivity contribution < 1.29 is 23.0 Å². The number of fused-ring (bicyclic) bond motifs is 1. The van der Waals surface area contributed by atoms with Crippen LogP contribution in [0.4, 0.5) is 8.78 Å². The molecule has 3 heterocycles. The fourth-order valence-corrected chi connectivity index (χ4v) is 2.98. The Hall–Kier alpha value is -2.77. The molecule has 1 aromatic heterocycles. The first-order valence-electron chi connectivity index (χ1n) is 8.03. The Bertz CT molecular complexity index is 823. The number of ether oxygens (including phenoxy) is 2. The molecule has 2 aliphatic rings. The minimum Gasteiger partial charge on any atom is -0.395 e. The maximum Gasteiger partial charge on any atom is 0.586 e. The number of piperidine rings is 1. The average molecular weight is 347 g/mol. The van der Waals surface area contributed by atoms with Crippen LogP contribution in [0.25, 0.3) is 11.3 Å². The number of aromatic nitrogens is 2. The van der Waals surface area contributed by atoms with Gasteiger partial charge >= 0.3 is 6.29 Å². The highest BCUT2D eigenvalue weighted by Gasteiger charge is 2.43. The van der Waals surface area contributed by atoms with E-state index in [1.807, 2.05) is 0 Å². The van der Waals surface area contributed by atoms with Crippen LogP contribution >= 0.6 is 0 Å². The molecule has 0 radical (unpaired) electrons. The van der Waals surface area contributed by atoms with Crippen molar-refractivity contribution in [2.75, 3.05) is 13.1 Å². The first-order chi connectivity index (χ1) is 12.0. The highest BCUT2D eigenvalue weighted by atomic mass is 19.3. The summed E-state index contributed by atoms with van der Waals surface area (Å²) in [5.74, 6) is -0.277. The number of carbonyl (C=O) groups is 1. The van der Waals surface area contributed by atoms with E-state index in [2.05, 4.69) is 19.4 Å². The summed E-state index contributed by atoms with van der Waals surface area (Å²) >= 11 is 0. The third-order valence-corrected chi connectivity index (χ3v) is 4.19. The van der Waals surface area contributed by atoms with E-state index in [0.717, 1.165) is 19.3 Å². The summed E-state index contributed by atoms with van der Waals surface area (Å²) in [6, 6.07) is 4.35. The van der Waals surface area contributed by atoms with Gasteiger partial charge in [0.25, 0.3) is 5.91 Å². The van der Waals surface area contributed by atoms with Gasteiger partial charge in [-0.25, -0.2) is 4.98 Å². The highest BCUT2D eigenvalue weighted by molar-refractivity contribution is 5.92. The minimum absolute atomic E-state index is 0.0396. The molecular formula is C17H15F2N3O3. The molecule has 2 aliphatic heterocycles. The van der Waals surface area contributed by atoms with Crippen LogP contribution in [0, 0.1) is 0 Å². The van der Waals surface area contributed by atoms with E-state index >= 15 is 0 Å². The molecule has 0 N–H and O–H groups in total. The smallest absolute Gasteiger partial charge is 0.395 e. The predicted octanol–water partition coefficient (Wildman–Crippen LogP) is 3.09. The fourth-order valence-electron chi connectivity index (χ4n) is 2.98. The summed E-state index contributed by atoms with van der Waals surface area (Å²) in [6.45, 7) is 1.42. The Labute approximate surface area is 142 Å². The van der Waals surface area contributed by atoms with Crippen LogP contribution in [0.15, 0.2) is 30.6 Å². The number of hydrogen-bond acceptors (Lipinski definition) is 5. The summed E-state index contributed by atoms with van der Waals surface area (Å²) in [6.07, 6.45) is 2.31. The number of likely N-dealkylation sites (tertiary alicyclic amines) is 1. The number of halogens is 2. The summed E-state index contributed by atoms with van der Waals surface area (Å²) in [7, 11) is 0. The van der Waals surface area contributed by atoms with Gasteiger partial charge in [-0.15, -0.1) is 8.78 Å². The lowest BCUT2D eigenvalue weighted by molar-refractivity contribution is -0.286. The molecule has 0 aliphatic carbocycles. The molecule has 2 aromatic rings. The van der Waals surface area contributed by atoms with E-state index < -0.39 is 6.29 Å². The number of amides is 1. The first-order valence-corrected chi connectivity index (χ1v) is 8.03. The zero-order valence-corrected chi connectivity index (χ0v) is 13.2. The number of carbonyl (C=O) groups excluding carboxylic acids is 1. The van der Waals surface area contributed by atoms with E-state index in [1.165, 1.54) is 24.5 Å². The molecule has 1 fully saturated rings. The van der Waals surface area contributed by atoms with Crippen molar-refractivity contribution >= 4 is 5.91 Å². The lowest BCUT2D eigenvalue weighted by atomic mass is 10.1. The van der Waals surface area contributed by atoms with Crippen LogP contribution in [0.2, 0.25) is 0 Å². The van der Waals surface area contributed by atoms with E-state index in [1.54, 1.807) is 11.0 Å². The quantitative estimate of drug-likeness (QED) is 0.835. The average Bonchev–Trinajstić information content (AvgIpc) is 2.94. The van der Waals surface area contributed by atoms with Crippen LogP contribution in [0.3, 0.4) is 0 Å². The molecule has 0 spiro atoms. The second-order valence-corrected chi connectivity index (χ2v) is 5.97. The number of rotatable bonds is 2. The van der Waals surface area contributed by atoms with Gasteiger partial charge in [0.1, 0.15) is 5.69 Å². The van der Waals surface area contributed by atoms with Crippen LogP contribution in [0.5, 0.6) is 11.5 Å². The molecule has 0 atom stereocenters. The molecule has 0 unspecified atom stereocenters. The van der Waals surface area contributed by atoms with E-state index in [-0.39, 0.29) is 23.1 Å². The zero-order valence-electron chi connectivity index (χ0n) is 13.2. The van der Waals surface area contributed by atoms with E-state index in [9.17, 15) is 13.6 Å². The topological polar surface area (TPSA) is 64.5 Å². The van der Waals surface area contributed by atoms with Crippen LogP contribution in [-0.4, -0.2) is 40.2 Å². The third-order valence-electron chi connectivity index (χ3n) is 4.19. The molecule has 8 heteroatoms. The Morgan fingerprint density at radius 2 is 1.84 bits per heavy atom. The number of alkyl halides is 2. The van der Waals surface area contributed by atoms with Gasteiger partial charge in [0.15, 0.2) is 11.5 Å². The standard InChI is InChI=1S/C17H15F2N3O3/c18-17(19)24-14-5-4-11(8-15(14)25-17)12-9-20-10-13(21-12)16(23)22-6-2-1-3-7-22/h4-5,8-10H,1-3,6-7H2. The molecule has 1 amide bonds. The minimum atomic E-state index is -3.67. The second-order valence-electron chi connectivity index (χ2n) is 5.97. The molecule has 25 heavy (non-hydrogen) atoms. The Morgan fingerprint density at radius 3 is 2.64 bits per heavy atom. The zero-order chi connectivity index (χ0) is 17.4. The molecule has 130 valence electrons. The van der Waals surface area contributed by atoms with Crippen LogP contribution < -0.4 is 9.47 Å². The van der Waals surface area contributed by atoms with Gasteiger partial charge in [0, 0.05) is 18.7 Å². The van der Waals surface area contributed by atoms with Crippen molar-refractivity contribution in [3.05, 3.63) is 36.3 Å². The SMILES string of the molecule is O=C(c1cncc(-c2ccc3c(c2)OC(F)(F)O3)n1)N1CCCCC1. The van der Waals surface area contributed by atoms with E-state index in [0.29, 0.717) is 24.3 Å². The molecule has 0 saturated carbocycles. The Morgan fingerprint density at radius 1 is 1.08 bits per heavy atom. The summed E-state index contributed by atoms with van der Waals surface area (Å²) in [5.41, 5.74) is 1.16. The predicted molar refractivity (Wildman–Crippen MR) is 83.4 cm³/mol. The van der Waals surface area contributed by atoms with Crippen molar-refractivity contribution in [2.45, 2.75) is 25.6 Å².